The average Bonchev–Trinajstić information content (AvgIpc) is 3.02. The molecule has 0 radical (unpaired) electrons. The Labute approximate surface area is 255 Å². The Hall–Kier alpha value is -4.69. The Morgan fingerprint density at radius 1 is 0.818 bits per heavy atom. The molecule has 0 aromatic heterocycles. The highest BCUT2D eigenvalue weighted by molar-refractivity contribution is 7.53. The number of nitrogens with one attached hydrogen (secondary N) is 1. The van der Waals surface area contributed by atoms with Gasteiger partial charge in [0, 0.05) is 13.6 Å². The Bertz CT molecular complexity index is 1900. The minimum atomic E-state index is -4.99. The number of carbonyl (C=O) groups is 2. The van der Waals surface area contributed by atoms with Crippen molar-refractivity contribution in [1.29, 1.82) is 0 Å². The van der Waals surface area contributed by atoms with Crippen LogP contribution in [0.25, 0.3) is 21.5 Å². The number of likely N-dealkylation sites (N-methyl/N-ethyl adjacent to an activating group) is 1. The van der Waals surface area contributed by atoms with Crippen molar-refractivity contribution in [1.82, 2.24) is 4.90 Å². The van der Waals surface area contributed by atoms with Gasteiger partial charge in [0.25, 0.3) is 5.91 Å². The fourth-order valence-electron chi connectivity index (χ4n) is 5.33. The van der Waals surface area contributed by atoms with Gasteiger partial charge in [0.2, 0.25) is 5.91 Å². The third-order valence-corrected chi connectivity index (χ3v) is 8.79. The largest absolute Gasteiger partial charge is 0.493 e. The molecule has 0 aliphatic rings. The molecule has 3 N–H and O–H groups in total. The minimum Gasteiger partial charge on any atom is -0.493 e. The number of ether oxygens (including phenoxy) is 2. The van der Waals surface area contributed by atoms with E-state index in [2.05, 4.69) is 5.32 Å². The van der Waals surface area contributed by atoms with Gasteiger partial charge in [-0.25, -0.2) is 0 Å². The van der Waals surface area contributed by atoms with Crippen molar-refractivity contribution in [2.45, 2.75) is 12.1 Å². The minimum absolute atomic E-state index is 0.162. The maximum absolute atomic E-state index is 13.8. The highest BCUT2D eigenvalue weighted by atomic mass is 31.2. The first-order valence-corrected chi connectivity index (χ1v) is 15.6. The van der Waals surface area contributed by atoms with Gasteiger partial charge in [-0.1, -0.05) is 72.8 Å². The molecule has 1 atom stereocenters. The van der Waals surface area contributed by atoms with Gasteiger partial charge in [-0.2, -0.15) is 0 Å². The summed E-state index contributed by atoms with van der Waals surface area (Å²) in [6, 6.07) is 28.4. The smallest absolute Gasteiger partial charge is 0.342 e. The van der Waals surface area contributed by atoms with Gasteiger partial charge >= 0.3 is 7.60 Å². The molecule has 1 unspecified atom stereocenters. The first kappa shape index (κ1) is 30.8. The van der Waals surface area contributed by atoms with Crippen molar-refractivity contribution < 1.29 is 33.4 Å². The maximum Gasteiger partial charge on any atom is 0.342 e. The van der Waals surface area contributed by atoms with E-state index in [-0.39, 0.29) is 22.7 Å². The average molecular weight is 613 g/mol. The molecule has 0 saturated heterocycles. The summed E-state index contributed by atoms with van der Waals surface area (Å²) in [5, 5.41) is 5.54. The summed E-state index contributed by atoms with van der Waals surface area (Å²) in [5.41, 5.74) is -0.279. The van der Waals surface area contributed by atoms with Gasteiger partial charge < -0.3 is 29.5 Å². The van der Waals surface area contributed by atoms with Crippen molar-refractivity contribution >= 4 is 46.6 Å². The molecule has 0 aliphatic heterocycles. The Kier molecular flexibility index (Phi) is 9.01. The van der Waals surface area contributed by atoms with Crippen LogP contribution < -0.4 is 14.8 Å². The summed E-state index contributed by atoms with van der Waals surface area (Å²) in [6.07, 6.45) is 0.527. The van der Waals surface area contributed by atoms with E-state index in [9.17, 15) is 23.9 Å². The summed E-state index contributed by atoms with van der Waals surface area (Å²) in [5.74, 6) is -0.0740. The summed E-state index contributed by atoms with van der Waals surface area (Å²) >= 11 is 0. The number of anilines is 1. The third kappa shape index (κ3) is 6.45. The van der Waals surface area contributed by atoms with Crippen LogP contribution in [0.4, 0.5) is 5.69 Å². The number of hydrogen-bond donors (Lipinski definition) is 3. The molecule has 0 fully saturated rings. The Morgan fingerprint density at radius 3 is 2.14 bits per heavy atom. The number of methoxy groups -OCH3 is 2. The van der Waals surface area contributed by atoms with E-state index in [1.807, 2.05) is 54.6 Å². The van der Waals surface area contributed by atoms with Crippen LogP contribution in [0.1, 0.15) is 27.1 Å². The number of benzene rings is 5. The molecule has 2 amide bonds. The van der Waals surface area contributed by atoms with Crippen LogP contribution in [-0.2, 0) is 15.8 Å². The van der Waals surface area contributed by atoms with Gasteiger partial charge in [0.1, 0.15) is 0 Å². The predicted molar refractivity (Wildman–Crippen MR) is 172 cm³/mol. The molecule has 0 aliphatic carbocycles. The molecule has 0 saturated carbocycles. The number of carbonyl (C=O) groups excluding carboxylic acids is 2. The quantitative estimate of drug-likeness (QED) is 0.161. The van der Waals surface area contributed by atoms with E-state index < -0.39 is 19.2 Å². The van der Waals surface area contributed by atoms with E-state index in [4.69, 9.17) is 9.47 Å². The van der Waals surface area contributed by atoms with Crippen LogP contribution in [0.15, 0.2) is 97.1 Å². The number of rotatable bonds is 10. The highest BCUT2D eigenvalue weighted by Gasteiger charge is 2.38. The lowest BCUT2D eigenvalue weighted by molar-refractivity contribution is -0.116. The molecule has 5 rings (SSSR count). The molecule has 44 heavy (non-hydrogen) atoms. The third-order valence-electron chi connectivity index (χ3n) is 7.61. The van der Waals surface area contributed by atoms with Crippen molar-refractivity contribution in [3.8, 4) is 11.5 Å². The summed E-state index contributed by atoms with van der Waals surface area (Å²) < 4.78 is 23.5. The summed E-state index contributed by atoms with van der Waals surface area (Å²) in [7, 11) is -0.197. The predicted octanol–water partition coefficient (Wildman–Crippen LogP) is 6.18. The van der Waals surface area contributed by atoms with Crippen molar-refractivity contribution in [2.24, 2.45) is 0 Å². The van der Waals surface area contributed by atoms with Crippen LogP contribution in [0.5, 0.6) is 11.5 Å². The Morgan fingerprint density at radius 2 is 1.45 bits per heavy atom. The second kappa shape index (κ2) is 12.9. The summed E-state index contributed by atoms with van der Waals surface area (Å²) in [6.45, 7) is 0.357. The fourth-order valence-corrected chi connectivity index (χ4v) is 6.28. The summed E-state index contributed by atoms with van der Waals surface area (Å²) in [4.78, 5) is 49.9. The lowest BCUT2D eigenvalue weighted by atomic mass is 10.0. The molecule has 226 valence electrons. The molecule has 5 aromatic carbocycles. The molecular weight excluding hydrogens is 579 g/mol. The van der Waals surface area contributed by atoms with Crippen LogP contribution in [-0.4, -0.2) is 54.3 Å². The lowest BCUT2D eigenvalue weighted by Crippen LogP contribution is -2.30. The van der Waals surface area contributed by atoms with E-state index in [1.54, 1.807) is 68.6 Å². The standard InChI is InChI=1S/C34H33N2O7P/c1-36(18-17-22-15-16-30(42-2)31(19-22)43-3)34(38)28-20-24-10-4-5-11-25(24)21-29(28)35-33(37)32(44(39,40)41)27-14-8-12-23-9-6-7-13-26(23)27/h4-16,19-21,32H,17-18H2,1-3H3,(H,35,37)(H2,39,40,41). The number of nitrogens with zero attached hydrogens (tertiary/aromatic N) is 1. The monoisotopic (exact) mass is 612 g/mol. The zero-order chi connectivity index (χ0) is 31.4. The zero-order valence-corrected chi connectivity index (χ0v) is 25.5. The van der Waals surface area contributed by atoms with Crippen LogP contribution in [0.2, 0.25) is 0 Å². The highest BCUT2D eigenvalue weighted by Crippen LogP contribution is 2.53. The molecule has 0 bridgehead atoms. The van der Waals surface area contributed by atoms with Crippen LogP contribution in [0, 0.1) is 0 Å². The van der Waals surface area contributed by atoms with E-state index in [1.165, 1.54) is 0 Å². The van der Waals surface area contributed by atoms with Crippen molar-refractivity contribution in [3.05, 3.63) is 114 Å². The molecular formula is C34H33N2O7P. The number of hydrogen-bond acceptors (Lipinski definition) is 5. The van der Waals surface area contributed by atoms with Crippen molar-refractivity contribution in [2.75, 3.05) is 33.1 Å². The van der Waals surface area contributed by atoms with Gasteiger partial charge in [-0.3, -0.25) is 14.2 Å². The number of amides is 2. The van der Waals surface area contributed by atoms with Gasteiger partial charge in [0.15, 0.2) is 17.2 Å². The van der Waals surface area contributed by atoms with Crippen molar-refractivity contribution in [3.63, 3.8) is 0 Å². The van der Waals surface area contributed by atoms with Gasteiger partial charge in [-0.15, -0.1) is 0 Å². The van der Waals surface area contributed by atoms with Gasteiger partial charge in [0.05, 0.1) is 25.5 Å². The molecule has 5 aromatic rings. The van der Waals surface area contributed by atoms with Gasteiger partial charge in [-0.05, 0) is 63.4 Å². The van der Waals surface area contributed by atoms with E-state index >= 15 is 0 Å². The second-order valence-electron chi connectivity index (χ2n) is 10.5. The zero-order valence-electron chi connectivity index (χ0n) is 24.6. The first-order valence-electron chi connectivity index (χ1n) is 13.9. The number of fused-ring (bicyclic) bond motifs is 2. The van der Waals surface area contributed by atoms with E-state index in [0.29, 0.717) is 29.9 Å². The maximum atomic E-state index is 13.8. The Balaban J connectivity index is 1.47. The molecule has 0 heterocycles. The second-order valence-corrected chi connectivity index (χ2v) is 12.2. The van der Waals surface area contributed by atoms with E-state index in [0.717, 1.165) is 21.7 Å². The molecule has 10 heteroatoms. The molecule has 9 nitrogen and oxygen atoms in total. The normalized spacial score (nSPS) is 12.1. The first-order chi connectivity index (χ1) is 21.1. The van der Waals surface area contributed by atoms with Crippen LogP contribution >= 0.6 is 7.60 Å². The molecule has 0 spiro atoms. The SMILES string of the molecule is COc1ccc(CCN(C)C(=O)c2cc3ccccc3cc2NC(=O)C(c2cccc3ccccc23)P(=O)(O)O)cc1OC. The lowest BCUT2D eigenvalue weighted by Gasteiger charge is -2.23. The van der Waals surface area contributed by atoms with Crippen LogP contribution in [0.3, 0.4) is 0 Å². The topological polar surface area (TPSA) is 125 Å². The fraction of sp³-hybridized carbons (Fsp3) is 0.176.